The van der Waals surface area contributed by atoms with Gasteiger partial charge in [0.15, 0.2) is 0 Å². The second kappa shape index (κ2) is 6.52. The summed E-state index contributed by atoms with van der Waals surface area (Å²) in [6.45, 7) is 9.33. The van der Waals surface area contributed by atoms with E-state index in [1.54, 1.807) is 0 Å². The fourth-order valence-corrected chi connectivity index (χ4v) is 2.62. The van der Waals surface area contributed by atoms with E-state index in [1.165, 1.54) is 38.5 Å². The first-order valence-electron chi connectivity index (χ1n) is 6.87. The highest BCUT2D eigenvalue weighted by molar-refractivity contribution is 4.77. The van der Waals surface area contributed by atoms with Gasteiger partial charge in [-0.05, 0) is 38.5 Å². The van der Waals surface area contributed by atoms with Crippen LogP contribution < -0.4 is 5.32 Å². The fraction of sp³-hybridized carbons (Fsp3) is 1.00. The Balaban J connectivity index is 2.09. The molecular weight excluding hydrogens is 182 g/mol. The van der Waals surface area contributed by atoms with Crippen molar-refractivity contribution in [2.24, 2.45) is 11.8 Å². The molecule has 0 radical (unpaired) electrons. The molecule has 0 amide bonds. The average molecular weight is 211 g/mol. The lowest BCUT2D eigenvalue weighted by molar-refractivity contribution is 0.253. The minimum Gasteiger partial charge on any atom is -0.312 e. The van der Waals surface area contributed by atoms with Crippen molar-refractivity contribution in [1.82, 2.24) is 5.32 Å². The van der Waals surface area contributed by atoms with Gasteiger partial charge in [0.25, 0.3) is 0 Å². The first-order chi connectivity index (χ1) is 7.11. The Hall–Kier alpha value is -0.0400. The van der Waals surface area contributed by atoms with Crippen LogP contribution in [0.3, 0.4) is 0 Å². The molecule has 3 atom stereocenters. The molecule has 0 aliphatic heterocycles. The van der Waals surface area contributed by atoms with Crippen molar-refractivity contribution >= 4 is 0 Å². The summed E-state index contributed by atoms with van der Waals surface area (Å²) in [6, 6.07) is 1.41. The predicted octanol–water partition coefficient (Wildman–Crippen LogP) is 3.98. The van der Waals surface area contributed by atoms with Gasteiger partial charge in [0.05, 0.1) is 0 Å². The van der Waals surface area contributed by atoms with Gasteiger partial charge in [0.2, 0.25) is 0 Å². The van der Waals surface area contributed by atoms with Gasteiger partial charge in [-0.1, -0.05) is 39.5 Å². The Labute approximate surface area is 96.0 Å². The minimum absolute atomic E-state index is 0.690. The highest BCUT2D eigenvalue weighted by Gasteiger charge is 2.20. The summed E-state index contributed by atoms with van der Waals surface area (Å²) in [4.78, 5) is 0. The molecule has 15 heavy (non-hydrogen) atoms. The zero-order valence-electron chi connectivity index (χ0n) is 11.1. The maximum atomic E-state index is 3.74. The second-order valence-corrected chi connectivity index (χ2v) is 5.75. The van der Waals surface area contributed by atoms with Crippen LogP contribution in [0.5, 0.6) is 0 Å². The van der Waals surface area contributed by atoms with Crippen LogP contribution in [-0.4, -0.2) is 12.1 Å². The second-order valence-electron chi connectivity index (χ2n) is 5.75. The molecule has 0 spiro atoms. The Kier molecular flexibility index (Phi) is 5.66. The van der Waals surface area contributed by atoms with E-state index in [0.717, 1.165) is 11.8 Å². The summed E-state index contributed by atoms with van der Waals surface area (Å²) in [5, 5.41) is 3.74. The third-order valence-electron chi connectivity index (χ3n) is 3.93. The van der Waals surface area contributed by atoms with E-state index in [2.05, 4.69) is 33.0 Å². The highest BCUT2D eigenvalue weighted by atomic mass is 14.9. The van der Waals surface area contributed by atoms with Gasteiger partial charge in [-0.3, -0.25) is 0 Å². The lowest BCUT2D eigenvalue weighted by Gasteiger charge is -2.30. The Bertz CT molecular complexity index is 152. The van der Waals surface area contributed by atoms with Gasteiger partial charge in [-0.15, -0.1) is 0 Å². The molecule has 1 N–H and O–H groups in total. The predicted molar refractivity (Wildman–Crippen MR) is 68.1 cm³/mol. The molecule has 90 valence electrons. The van der Waals surface area contributed by atoms with Gasteiger partial charge >= 0.3 is 0 Å². The van der Waals surface area contributed by atoms with Gasteiger partial charge in [-0.25, -0.2) is 0 Å². The summed E-state index contributed by atoms with van der Waals surface area (Å²) in [5.74, 6) is 1.90. The first-order valence-corrected chi connectivity index (χ1v) is 6.87. The molecule has 1 aliphatic rings. The summed E-state index contributed by atoms with van der Waals surface area (Å²) in [7, 11) is 0. The summed E-state index contributed by atoms with van der Waals surface area (Å²) >= 11 is 0. The van der Waals surface area contributed by atoms with Crippen molar-refractivity contribution in [3.8, 4) is 0 Å². The summed E-state index contributed by atoms with van der Waals surface area (Å²) in [5.41, 5.74) is 0. The number of nitrogens with one attached hydrogen (secondary N) is 1. The van der Waals surface area contributed by atoms with Crippen LogP contribution >= 0.6 is 0 Å². The normalized spacial score (nSPS) is 23.2. The molecular formula is C14H29N. The SMILES string of the molecule is CCC(C)CC(C)NC(C)CC1CCC1. The Morgan fingerprint density at radius 1 is 1.13 bits per heavy atom. The molecule has 1 rings (SSSR count). The molecule has 0 aromatic carbocycles. The lowest BCUT2D eigenvalue weighted by Crippen LogP contribution is -2.37. The van der Waals surface area contributed by atoms with Crippen LogP contribution in [0.25, 0.3) is 0 Å². The van der Waals surface area contributed by atoms with Crippen molar-refractivity contribution in [3.05, 3.63) is 0 Å². The minimum atomic E-state index is 0.690. The number of rotatable bonds is 7. The average Bonchev–Trinajstić information content (AvgIpc) is 2.11. The molecule has 1 saturated carbocycles. The molecule has 1 nitrogen and oxygen atoms in total. The van der Waals surface area contributed by atoms with E-state index in [-0.39, 0.29) is 0 Å². The Morgan fingerprint density at radius 3 is 2.27 bits per heavy atom. The number of hydrogen-bond donors (Lipinski definition) is 1. The largest absolute Gasteiger partial charge is 0.312 e. The smallest absolute Gasteiger partial charge is 0.00438 e. The van der Waals surface area contributed by atoms with Crippen LogP contribution in [-0.2, 0) is 0 Å². The first kappa shape index (κ1) is 13.0. The Morgan fingerprint density at radius 2 is 1.80 bits per heavy atom. The third kappa shape index (κ3) is 5.01. The molecule has 0 aromatic rings. The van der Waals surface area contributed by atoms with Gasteiger partial charge in [0.1, 0.15) is 0 Å². The lowest BCUT2D eigenvalue weighted by atomic mass is 9.81. The van der Waals surface area contributed by atoms with E-state index in [1.807, 2.05) is 0 Å². The van der Waals surface area contributed by atoms with Crippen LogP contribution in [0.15, 0.2) is 0 Å². The van der Waals surface area contributed by atoms with Crippen molar-refractivity contribution in [2.45, 2.75) is 78.3 Å². The van der Waals surface area contributed by atoms with E-state index in [0.29, 0.717) is 12.1 Å². The molecule has 1 aliphatic carbocycles. The third-order valence-corrected chi connectivity index (χ3v) is 3.93. The van der Waals surface area contributed by atoms with Crippen molar-refractivity contribution < 1.29 is 0 Å². The monoisotopic (exact) mass is 211 g/mol. The highest BCUT2D eigenvalue weighted by Crippen LogP contribution is 2.30. The molecule has 0 aromatic heterocycles. The summed E-state index contributed by atoms with van der Waals surface area (Å²) < 4.78 is 0. The van der Waals surface area contributed by atoms with Crippen LogP contribution in [0.4, 0.5) is 0 Å². The zero-order chi connectivity index (χ0) is 11.3. The van der Waals surface area contributed by atoms with Crippen LogP contribution in [0.1, 0.15) is 66.2 Å². The van der Waals surface area contributed by atoms with Crippen LogP contribution in [0, 0.1) is 11.8 Å². The van der Waals surface area contributed by atoms with Crippen molar-refractivity contribution in [3.63, 3.8) is 0 Å². The van der Waals surface area contributed by atoms with Crippen molar-refractivity contribution in [1.29, 1.82) is 0 Å². The van der Waals surface area contributed by atoms with Gasteiger partial charge in [-0.2, -0.15) is 0 Å². The van der Waals surface area contributed by atoms with Crippen LogP contribution in [0.2, 0.25) is 0 Å². The molecule has 0 bridgehead atoms. The zero-order valence-corrected chi connectivity index (χ0v) is 11.1. The van der Waals surface area contributed by atoms with Crippen molar-refractivity contribution in [2.75, 3.05) is 0 Å². The van der Waals surface area contributed by atoms with Gasteiger partial charge < -0.3 is 5.32 Å². The quantitative estimate of drug-likeness (QED) is 0.671. The molecule has 3 unspecified atom stereocenters. The fourth-order valence-electron chi connectivity index (χ4n) is 2.62. The van der Waals surface area contributed by atoms with Gasteiger partial charge in [0, 0.05) is 12.1 Å². The molecule has 0 saturated heterocycles. The van der Waals surface area contributed by atoms with E-state index in [4.69, 9.17) is 0 Å². The standard InChI is InChI=1S/C14H29N/c1-5-11(2)9-12(3)15-13(4)10-14-7-6-8-14/h11-15H,5-10H2,1-4H3. The molecule has 1 fully saturated rings. The maximum Gasteiger partial charge on any atom is 0.00438 e. The molecule has 0 heterocycles. The van der Waals surface area contributed by atoms with E-state index in [9.17, 15) is 0 Å². The maximum absolute atomic E-state index is 3.74. The topological polar surface area (TPSA) is 12.0 Å². The molecule has 1 heteroatoms. The van der Waals surface area contributed by atoms with E-state index < -0.39 is 0 Å². The van der Waals surface area contributed by atoms with E-state index >= 15 is 0 Å². The number of hydrogen-bond acceptors (Lipinski definition) is 1. The summed E-state index contributed by atoms with van der Waals surface area (Å²) in [6.07, 6.45) is 8.46.